The molecule has 0 spiro atoms. The van der Waals surface area contributed by atoms with Crippen molar-refractivity contribution in [2.24, 2.45) is 0 Å². The van der Waals surface area contributed by atoms with E-state index in [0.29, 0.717) is 24.0 Å². The van der Waals surface area contributed by atoms with E-state index in [1.165, 1.54) is 24.1 Å². The number of ether oxygens (including phenoxy) is 2. The van der Waals surface area contributed by atoms with Crippen LogP contribution in [0.4, 0.5) is 14.9 Å². The van der Waals surface area contributed by atoms with Crippen LogP contribution in [0.3, 0.4) is 0 Å². The van der Waals surface area contributed by atoms with Crippen LogP contribution in [0.1, 0.15) is 45.2 Å². The molecule has 2 atom stereocenters. The van der Waals surface area contributed by atoms with Crippen molar-refractivity contribution >= 4 is 34.4 Å². The zero-order valence-electron chi connectivity index (χ0n) is 23.8. The number of aryl methyl sites for hydroxylation is 1. The van der Waals surface area contributed by atoms with Crippen molar-refractivity contribution in [3.8, 4) is 5.75 Å². The number of amides is 3. The first-order valence-corrected chi connectivity index (χ1v) is 13.3. The molecule has 1 aliphatic heterocycles. The van der Waals surface area contributed by atoms with Gasteiger partial charge in [0.1, 0.15) is 29.3 Å². The summed E-state index contributed by atoms with van der Waals surface area (Å²) >= 11 is 0. The van der Waals surface area contributed by atoms with Gasteiger partial charge in [-0.3, -0.25) is 14.5 Å². The van der Waals surface area contributed by atoms with Crippen molar-refractivity contribution < 1.29 is 28.2 Å². The number of hydrogen-bond donors (Lipinski definition) is 1. The van der Waals surface area contributed by atoms with Crippen LogP contribution in [0.5, 0.6) is 5.75 Å². The van der Waals surface area contributed by atoms with Gasteiger partial charge in [0, 0.05) is 18.3 Å². The molecule has 8 nitrogen and oxygen atoms in total. The van der Waals surface area contributed by atoms with Crippen molar-refractivity contribution in [3.05, 3.63) is 71.5 Å². The Morgan fingerprint density at radius 3 is 2.58 bits per heavy atom. The third kappa shape index (κ3) is 6.19. The molecule has 1 heterocycles. The number of hydrogen-bond acceptors (Lipinski definition) is 5. The molecule has 3 aromatic carbocycles. The van der Waals surface area contributed by atoms with Crippen LogP contribution in [-0.4, -0.2) is 54.6 Å². The van der Waals surface area contributed by atoms with Gasteiger partial charge in [0.15, 0.2) is 0 Å². The van der Waals surface area contributed by atoms with Gasteiger partial charge in [-0.1, -0.05) is 30.3 Å². The molecule has 3 amide bonds. The predicted molar refractivity (Wildman–Crippen MR) is 152 cm³/mol. The second kappa shape index (κ2) is 11.5. The number of carbonyl (C=O) groups is 3. The van der Waals surface area contributed by atoms with Crippen molar-refractivity contribution in [1.29, 1.82) is 0 Å². The number of halogens is 1. The van der Waals surface area contributed by atoms with E-state index in [1.54, 1.807) is 57.9 Å². The highest BCUT2D eigenvalue weighted by Gasteiger charge is 2.35. The number of anilines is 1. The molecule has 0 aliphatic carbocycles. The number of likely N-dealkylation sites (N-methyl/N-ethyl adjacent to an activating group) is 1. The largest absolute Gasteiger partial charge is 0.496 e. The number of nitrogens with zero attached hydrogens (tertiary/aromatic N) is 2. The third-order valence-corrected chi connectivity index (χ3v) is 7.09. The molecule has 0 bridgehead atoms. The molecule has 0 saturated carbocycles. The van der Waals surface area contributed by atoms with Crippen LogP contribution in [0.2, 0.25) is 0 Å². The smallest absolute Gasteiger partial charge is 0.410 e. The molecule has 40 heavy (non-hydrogen) atoms. The predicted octanol–water partition coefficient (Wildman–Crippen LogP) is 5.21. The molecule has 0 aromatic heterocycles. The Hall–Kier alpha value is -4.14. The Morgan fingerprint density at radius 1 is 1.15 bits per heavy atom. The van der Waals surface area contributed by atoms with E-state index in [-0.39, 0.29) is 18.3 Å². The van der Waals surface area contributed by atoms with Crippen molar-refractivity contribution in [2.45, 2.75) is 64.8 Å². The molecule has 212 valence electrons. The van der Waals surface area contributed by atoms with Gasteiger partial charge in [0.25, 0.3) is 0 Å². The van der Waals surface area contributed by atoms with Gasteiger partial charge in [-0.25, -0.2) is 9.18 Å². The molecular weight excluding hydrogens is 513 g/mol. The van der Waals surface area contributed by atoms with Crippen LogP contribution < -0.4 is 15.0 Å². The van der Waals surface area contributed by atoms with Crippen LogP contribution in [0, 0.1) is 5.82 Å². The monoisotopic (exact) mass is 549 g/mol. The highest BCUT2D eigenvalue weighted by atomic mass is 19.1. The van der Waals surface area contributed by atoms with Gasteiger partial charge in [-0.2, -0.15) is 0 Å². The van der Waals surface area contributed by atoms with Crippen LogP contribution in [-0.2, 0) is 27.3 Å². The Labute approximate surface area is 234 Å². The molecule has 9 heteroatoms. The number of nitrogens with one attached hydrogen (secondary N) is 1. The highest BCUT2D eigenvalue weighted by molar-refractivity contribution is 6.02. The minimum Gasteiger partial charge on any atom is -0.496 e. The zero-order valence-corrected chi connectivity index (χ0v) is 23.8. The Kier molecular flexibility index (Phi) is 8.32. The first-order chi connectivity index (χ1) is 18.9. The van der Waals surface area contributed by atoms with E-state index < -0.39 is 29.7 Å². The fourth-order valence-electron chi connectivity index (χ4n) is 4.83. The van der Waals surface area contributed by atoms with E-state index in [0.717, 1.165) is 22.2 Å². The molecule has 0 radical (unpaired) electrons. The summed E-state index contributed by atoms with van der Waals surface area (Å²) in [6.45, 7) is 7.00. The van der Waals surface area contributed by atoms with Crippen LogP contribution in [0.15, 0.2) is 54.6 Å². The lowest BCUT2D eigenvalue weighted by Gasteiger charge is -2.30. The summed E-state index contributed by atoms with van der Waals surface area (Å²) in [6.07, 6.45) is 0.326. The Bertz CT molecular complexity index is 1430. The summed E-state index contributed by atoms with van der Waals surface area (Å²) in [5.74, 6) is -0.530. The van der Waals surface area contributed by atoms with Crippen molar-refractivity contribution in [2.75, 3.05) is 19.1 Å². The van der Waals surface area contributed by atoms with Crippen LogP contribution >= 0.6 is 0 Å². The maximum atomic E-state index is 14.1. The lowest BCUT2D eigenvalue weighted by atomic mass is 10.0. The molecule has 1 aliphatic rings. The summed E-state index contributed by atoms with van der Waals surface area (Å²) in [5, 5.41) is 4.33. The average Bonchev–Trinajstić information content (AvgIpc) is 3.03. The number of fused-ring (bicyclic) bond motifs is 2. The van der Waals surface area contributed by atoms with Crippen molar-refractivity contribution in [1.82, 2.24) is 10.2 Å². The molecule has 4 rings (SSSR count). The van der Waals surface area contributed by atoms with Gasteiger partial charge in [-0.05, 0) is 81.1 Å². The van der Waals surface area contributed by atoms with E-state index >= 15 is 0 Å². The quantitative estimate of drug-likeness (QED) is 0.456. The average molecular weight is 550 g/mol. The van der Waals surface area contributed by atoms with Crippen LogP contribution in [0.25, 0.3) is 10.8 Å². The van der Waals surface area contributed by atoms with E-state index in [4.69, 9.17) is 9.47 Å². The lowest BCUT2D eigenvalue weighted by molar-refractivity contribution is -0.130. The van der Waals surface area contributed by atoms with Gasteiger partial charge in [0.05, 0.1) is 13.7 Å². The molecule has 3 aromatic rings. The number of methoxy groups -OCH3 is 1. The lowest BCUT2D eigenvalue weighted by Crippen LogP contribution is -2.54. The Balaban J connectivity index is 1.64. The molecule has 0 unspecified atom stereocenters. The highest BCUT2D eigenvalue weighted by Crippen LogP contribution is 2.34. The zero-order chi connectivity index (χ0) is 29.2. The van der Waals surface area contributed by atoms with Gasteiger partial charge in [0.2, 0.25) is 11.8 Å². The van der Waals surface area contributed by atoms with E-state index in [1.807, 2.05) is 24.3 Å². The number of benzene rings is 3. The molecule has 0 saturated heterocycles. The summed E-state index contributed by atoms with van der Waals surface area (Å²) in [5.41, 5.74) is 1.73. The second-order valence-electron chi connectivity index (χ2n) is 11.0. The summed E-state index contributed by atoms with van der Waals surface area (Å²) in [7, 11) is 3.04. The fourth-order valence-corrected chi connectivity index (χ4v) is 4.83. The van der Waals surface area contributed by atoms with E-state index in [9.17, 15) is 18.8 Å². The molecule has 0 fully saturated rings. The number of para-hydroxylation sites is 1. The first kappa shape index (κ1) is 28.9. The van der Waals surface area contributed by atoms with E-state index in [2.05, 4.69) is 5.32 Å². The van der Waals surface area contributed by atoms with Gasteiger partial charge in [-0.15, -0.1) is 0 Å². The maximum Gasteiger partial charge on any atom is 0.410 e. The van der Waals surface area contributed by atoms with Gasteiger partial charge >= 0.3 is 6.09 Å². The summed E-state index contributed by atoms with van der Waals surface area (Å²) < 4.78 is 25.0. The standard InChI is InChI=1S/C31H36FN3O5/c1-19(34(5)30(38)40-31(2,3)4)28(36)33-25-15-11-20-9-7-8-10-26(20)35(29(25)37)18-24-23-14-13-22(32)17-21(23)12-16-27(24)39-6/h7-10,12-14,16-17,19,25H,11,15,18H2,1-6H3,(H,33,36)/t19-,25-/m0/s1. The topological polar surface area (TPSA) is 88.2 Å². The minimum absolute atomic E-state index is 0.154. The normalized spacial score (nSPS) is 16.1. The SMILES string of the molecule is COc1ccc2cc(F)ccc2c1CN1C(=O)[C@@H](NC(=O)[C@H](C)N(C)C(=O)OC(C)(C)C)CCc2ccccc21. The first-order valence-electron chi connectivity index (χ1n) is 13.3. The second-order valence-corrected chi connectivity index (χ2v) is 11.0. The molecular formula is C31H36FN3O5. The summed E-state index contributed by atoms with van der Waals surface area (Å²) in [6, 6.07) is 14.0. The molecule has 1 N–H and O–H groups in total. The number of carbonyl (C=O) groups excluding carboxylic acids is 3. The number of rotatable bonds is 6. The van der Waals surface area contributed by atoms with Crippen molar-refractivity contribution in [3.63, 3.8) is 0 Å². The summed E-state index contributed by atoms with van der Waals surface area (Å²) in [4.78, 5) is 42.7. The third-order valence-electron chi connectivity index (χ3n) is 7.09. The Morgan fingerprint density at radius 2 is 1.88 bits per heavy atom. The minimum atomic E-state index is -0.866. The fraction of sp³-hybridized carbons (Fsp3) is 0.387. The maximum absolute atomic E-state index is 14.1. The van der Waals surface area contributed by atoms with Gasteiger partial charge < -0.3 is 19.7 Å².